The normalized spacial score (nSPS) is 21.7. The number of nitrogens with two attached hydrogens (primary N) is 1. The molecule has 0 bridgehead atoms. The molecule has 116 valence electrons. The van der Waals surface area contributed by atoms with Crippen LogP contribution in [0.3, 0.4) is 0 Å². The van der Waals surface area contributed by atoms with Crippen LogP contribution in [0, 0.1) is 0 Å². The van der Waals surface area contributed by atoms with Crippen molar-refractivity contribution in [3.05, 3.63) is 22.8 Å². The molecule has 2 saturated heterocycles. The number of hydrogen-bond donors (Lipinski definition) is 1. The molecule has 2 aliphatic rings. The summed E-state index contributed by atoms with van der Waals surface area (Å²) in [6.07, 6.45) is 6.63. The molecule has 3 heterocycles. The highest BCUT2D eigenvalue weighted by molar-refractivity contribution is 6.31. The number of likely N-dealkylation sites (tertiary alicyclic amines) is 1. The molecular weight excluding hydrogens is 284 g/mol. The van der Waals surface area contributed by atoms with Crippen LogP contribution in [0.5, 0.6) is 0 Å². The van der Waals surface area contributed by atoms with Crippen molar-refractivity contribution in [1.82, 2.24) is 9.88 Å². The summed E-state index contributed by atoms with van der Waals surface area (Å²) in [5.41, 5.74) is 6.49. The van der Waals surface area contributed by atoms with Crippen LogP contribution < -0.4 is 10.6 Å². The van der Waals surface area contributed by atoms with Gasteiger partial charge in [-0.1, -0.05) is 18.0 Å². The summed E-state index contributed by atoms with van der Waals surface area (Å²) in [4.78, 5) is 9.67. The number of nitrogens with zero attached hydrogens (tertiary/aromatic N) is 3. The summed E-state index contributed by atoms with van der Waals surface area (Å²) in [7, 11) is 0. The SMILES string of the molecule is NCc1nc(N2CCC(N3CCCCC3)CC2)ccc1Cl. The van der Waals surface area contributed by atoms with Gasteiger partial charge in [-0.25, -0.2) is 4.98 Å². The largest absolute Gasteiger partial charge is 0.356 e. The molecule has 4 nitrogen and oxygen atoms in total. The Balaban J connectivity index is 1.60. The zero-order valence-electron chi connectivity index (χ0n) is 12.6. The Morgan fingerprint density at radius 1 is 1.10 bits per heavy atom. The van der Waals surface area contributed by atoms with E-state index in [-0.39, 0.29) is 0 Å². The topological polar surface area (TPSA) is 45.4 Å². The maximum absolute atomic E-state index is 6.09. The molecule has 21 heavy (non-hydrogen) atoms. The van der Waals surface area contributed by atoms with Crippen molar-refractivity contribution in [2.24, 2.45) is 5.73 Å². The highest BCUT2D eigenvalue weighted by atomic mass is 35.5. The van der Waals surface area contributed by atoms with Crippen LogP contribution >= 0.6 is 11.6 Å². The maximum Gasteiger partial charge on any atom is 0.128 e. The lowest BCUT2D eigenvalue weighted by Gasteiger charge is -2.40. The minimum Gasteiger partial charge on any atom is -0.356 e. The van der Waals surface area contributed by atoms with Crippen LogP contribution in [0.4, 0.5) is 5.82 Å². The van der Waals surface area contributed by atoms with E-state index in [0.717, 1.165) is 30.6 Å². The number of anilines is 1. The second kappa shape index (κ2) is 6.95. The second-order valence-electron chi connectivity index (χ2n) is 6.12. The quantitative estimate of drug-likeness (QED) is 0.932. The lowest BCUT2D eigenvalue weighted by atomic mass is 10.00. The summed E-state index contributed by atoms with van der Waals surface area (Å²) < 4.78 is 0. The van der Waals surface area contributed by atoms with Crippen LogP contribution in [0.25, 0.3) is 0 Å². The third kappa shape index (κ3) is 3.50. The van der Waals surface area contributed by atoms with Gasteiger partial charge in [0.25, 0.3) is 0 Å². The molecule has 0 radical (unpaired) electrons. The highest BCUT2D eigenvalue weighted by Crippen LogP contribution is 2.25. The molecule has 1 aromatic heterocycles. The monoisotopic (exact) mass is 308 g/mol. The summed E-state index contributed by atoms with van der Waals surface area (Å²) in [6, 6.07) is 4.70. The number of rotatable bonds is 3. The maximum atomic E-state index is 6.09. The lowest BCUT2D eigenvalue weighted by Crippen LogP contribution is -2.47. The van der Waals surface area contributed by atoms with Crippen molar-refractivity contribution < 1.29 is 0 Å². The van der Waals surface area contributed by atoms with Gasteiger partial charge >= 0.3 is 0 Å². The number of halogens is 1. The molecule has 0 aromatic carbocycles. The Hall–Kier alpha value is -0.840. The number of piperidine rings is 2. The van der Waals surface area contributed by atoms with Gasteiger partial charge < -0.3 is 15.5 Å². The molecular formula is C16H25ClN4. The van der Waals surface area contributed by atoms with Crippen molar-refractivity contribution in [1.29, 1.82) is 0 Å². The zero-order chi connectivity index (χ0) is 14.7. The Morgan fingerprint density at radius 2 is 1.81 bits per heavy atom. The molecule has 0 spiro atoms. The molecule has 5 heteroatoms. The second-order valence-corrected chi connectivity index (χ2v) is 6.52. The Bertz CT molecular complexity index is 465. The van der Waals surface area contributed by atoms with Crippen molar-refractivity contribution in [3.8, 4) is 0 Å². The van der Waals surface area contributed by atoms with Crippen LogP contribution in [-0.2, 0) is 6.54 Å². The summed E-state index contributed by atoms with van der Waals surface area (Å²) in [6.45, 7) is 5.15. The predicted molar refractivity (Wildman–Crippen MR) is 87.8 cm³/mol. The van der Waals surface area contributed by atoms with E-state index in [1.807, 2.05) is 12.1 Å². The van der Waals surface area contributed by atoms with Gasteiger partial charge in [0.1, 0.15) is 5.82 Å². The van der Waals surface area contributed by atoms with E-state index < -0.39 is 0 Å². The summed E-state index contributed by atoms with van der Waals surface area (Å²) in [5, 5.41) is 0.671. The number of pyridine rings is 1. The van der Waals surface area contributed by atoms with Gasteiger partial charge in [0.15, 0.2) is 0 Å². The minimum atomic E-state index is 0.400. The van der Waals surface area contributed by atoms with Gasteiger partial charge in [-0.15, -0.1) is 0 Å². The van der Waals surface area contributed by atoms with E-state index in [2.05, 4.69) is 14.8 Å². The molecule has 0 unspecified atom stereocenters. The van der Waals surface area contributed by atoms with Gasteiger partial charge in [0.05, 0.1) is 10.7 Å². The van der Waals surface area contributed by atoms with E-state index in [4.69, 9.17) is 17.3 Å². The molecule has 0 aliphatic carbocycles. The Kier molecular flexibility index (Phi) is 4.99. The van der Waals surface area contributed by atoms with Gasteiger partial charge in [-0.05, 0) is 50.9 Å². The molecule has 2 N–H and O–H groups in total. The van der Waals surface area contributed by atoms with E-state index in [0.29, 0.717) is 11.6 Å². The van der Waals surface area contributed by atoms with Gasteiger partial charge in [-0.3, -0.25) is 0 Å². The van der Waals surface area contributed by atoms with Crippen LogP contribution in [0.1, 0.15) is 37.8 Å². The molecule has 0 amide bonds. The third-order valence-electron chi connectivity index (χ3n) is 4.79. The molecule has 0 atom stereocenters. The molecule has 2 fully saturated rings. The van der Waals surface area contributed by atoms with Crippen molar-refractivity contribution in [2.45, 2.75) is 44.7 Å². The Morgan fingerprint density at radius 3 is 2.48 bits per heavy atom. The van der Waals surface area contributed by atoms with Crippen molar-refractivity contribution in [2.75, 3.05) is 31.1 Å². The lowest BCUT2D eigenvalue weighted by molar-refractivity contribution is 0.141. The van der Waals surface area contributed by atoms with E-state index in [1.54, 1.807) is 0 Å². The van der Waals surface area contributed by atoms with Crippen molar-refractivity contribution >= 4 is 17.4 Å². The minimum absolute atomic E-state index is 0.400. The molecule has 3 rings (SSSR count). The standard InChI is InChI=1S/C16H25ClN4/c17-14-4-5-16(19-15(14)12-18)21-10-6-13(7-11-21)20-8-2-1-3-9-20/h4-5,13H,1-3,6-12,18H2. The summed E-state index contributed by atoms with van der Waals surface area (Å²) >= 11 is 6.09. The van der Waals surface area contributed by atoms with E-state index in [9.17, 15) is 0 Å². The average molecular weight is 309 g/mol. The number of hydrogen-bond acceptors (Lipinski definition) is 4. The molecule has 1 aromatic rings. The first-order chi connectivity index (χ1) is 10.3. The van der Waals surface area contributed by atoms with E-state index >= 15 is 0 Å². The molecule has 0 saturated carbocycles. The molecule has 2 aliphatic heterocycles. The van der Waals surface area contributed by atoms with Gasteiger partial charge in [0, 0.05) is 25.7 Å². The first-order valence-corrected chi connectivity index (χ1v) is 8.50. The van der Waals surface area contributed by atoms with Crippen LogP contribution in [-0.4, -0.2) is 42.1 Å². The smallest absolute Gasteiger partial charge is 0.128 e. The summed E-state index contributed by atoms with van der Waals surface area (Å²) in [5.74, 6) is 1.02. The van der Waals surface area contributed by atoms with Crippen molar-refractivity contribution in [3.63, 3.8) is 0 Å². The number of aromatic nitrogens is 1. The van der Waals surface area contributed by atoms with Crippen LogP contribution in [0.2, 0.25) is 5.02 Å². The van der Waals surface area contributed by atoms with Gasteiger partial charge in [-0.2, -0.15) is 0 Å². The highest BCUT2D eigenvalue weighted by Gasteiger charge is 2.26. The van der Waals surface area contributed by atoms with Gasteiger partial charge in [0.2, 0.25) is 0 Å². The average Bonchev–Trinajstić information content (AvgIpc) is 2.56. The first-order valence-electron chi connectivity index (χ1n) is 8.12. The fourth-order valence-corrected chi connectivity index (χ4v) is 3.72. The first kappa shape index (κ1) is 15.1. The fourth-order valence-electron chi connectivity index (χ4n) is 3.54. The fraction of sp³-hybridized carbons (Fsp3) is 0.688. The van der Waals surface area contributed by atoms with Crippen LogP contribution in [0.15, 0.2) is 12.1 Å². The van der Waals surface area contributed by atoms with E-state index in [1.165, 1.54) is 45.2 Å². The predicted octanol–water partition coefficient (Wildman–Crippen LogP) is 2.65. The third-order valence-corrected chi connectivity index (χ3v) is 5.14. The zero-order valence-corrected chi connectivity index (χ0v) is 13.4. The Labute approximate surface area is 132 Å².